The first-order valence-electron chi connectivity index (χ1n) is 8.52. The van der Waals surface area contributed by atoms with E-state index in [1.54, 1.807) is 6.07 Å². The highest BCUT2D eigenvalue weighted by molar-refractivity contribution is 5.75. The first-order chi connectivity index (χ1) is 11.5. The van der Waals surface area contributed by atoms with Crippen molar-refractivity contribution >= 4 is 16.8 Å². The zero-order valence-corrected chi connectivity index (χ0v) is 13.5. The highest BCUT2D eigenvalue weighted by Crippen LogP contribution is 2.40. The smallest absolute Gasteiger partial charge is 0.271 e. The van der Waals surface area contributed by atoms with Crippen LogP contribution in [0.3, 0.4) is 0 Å². The molecule has 4 rings (SSSR count). The Labute approximate surface area is 139 Å². The molecule has 1 saturated carbocycles. The second kappa shape index (κ2) is 5.82. The molecule has 24 heavy (non-hydrogen) atoms. The molecule has 0 radical (unpaired) electrons. The second-order valence-electron chi connectivity index (χ2n) is 7.05. The zero-order valence-electron chi connectivity index (χ0n) is 13.5. The summed E-state index contributed by atoms with van der Waals surface area (Å²) < 4.78 is 5.73. The molecule has 2 atom stereocenters. The number of nitro groups is 1. The molecule has 0 bridgehead atoms. The van der Waals surface area contributed by atoms with Gasteiger partial charge in [0.1, 0.15) is 5.52 Å². The van der Waals surface area contributed by atoms with Crippen LogP contribution in [-0.4, -0.2) is 38.6 Å². The number of rotatable bonds is 3. The average Bonchev–Trinajstić information content (AvgIpc) is 2.96. The Hall–Kier alpha value is -1.99. The summed E-state index contributed by atoms with van der Waals surface area (Å²) in [5, 5.41) is 21.6. The standard InChI is InChI=1S/C17H21N3O4/c21-17-6-2-1-3-12(17)10-19(8-7-17)11-16-18-14-9-13(20(22)23)4-5-15(14)24-16/h4-5,9,12,21H,1-3,6-8,10-11H2. The van der Waals surface area contributed by atoms with Crippen molar-refractivity contribution in [3.05, 3.63) is 34.2 Å². The Morgan fingerprint density at radius 3 is 3.12 bits per heavy atom. The lowest BCUT2D eigenvalue weighted by Crippen LogP contribution is -2.52. The van der Waals surface area contributed by atoms with Gasteiger partial charge in [-0.2, -0.15) is 0 Å². The Bertz CT molecular complexity index is 774. The summed E-state index contributed by atoms with van der Waals surface area (Å²) in [6.45, 7) is 2.26. The highest BCUT2D eigenvalue weighted by Gasteiger charge is 2.42. The van der Waals surface area contributed by atoms with Crippen molar-refractivity contribution < 1.29 is 14.4 Å². The van der Waals surface area contributed by atoms with Gasteiger partial charge in [0.25, 0.3) is 5.69 Å². The number of hydrogen-bond acceptors (Lipinski definition) is 6. The molecular formula is C17H21N3O4. The monoisotopic (exact) mass is 331 g/mol. The Morgan fingerprint density at radius 2 is 2.29 bits per heavy atom. The Kier molecular flexibility index (Phi) is 3.77. The van der Waals surface area contributed by atoms with E-state index >= 15 is 0 Å². The molecule has 2 fully saturated rings. The molecule has 1 aromatic heterocycles. The lowest BCUT2D eigenvalue weighted by Gasteiger charge is -2.47. The fourth-order valence-corrected chi connectivity index (χ4v) is 4.12. The first-order valence-corrected chi connectivity index (χ1v) is 8.52. The van der Waals surface area contributed by atoms with Crippen LogP contribution in [0.2, 0.25) is 0 Å². The van der Waals surface area contributed by atoms with Crippen LogP contribution in [0.1, 0.15) is 38.0 Å². The van der Waals surface area contributed by atoms with E-state index in [-0.39, 0.29) is 5.69 Å². The molecule has 2 aliphatic rings. The number of aliphatic hydroxyl groups is 1. The molecule has 7 nitrogen and oxygen atoms in total. The van der Waals surface area contributed by atoms with Crippen molar-refractivity contribution in [2.75, 3.05) is 13.1 Å². The average molecular weight is 331 g/mol. The van der Waals surface area contributed by atoms with Gasteiger partial charge >= 0.3 is 0 Å². The predicted octanol–water partition coefficient (Wildman–Crippen LogP) is 2.86. The third-order valence-corrected chi connectivity index (χ3v) is 5.50. The summed E-state index contributed by atoms with van der Waals surface area (Å²) in [4.78, 5) is 17.1. The molecule has 7 heteroatoms. The van der Waals surface area contributed by atoms with Gasteiger partial charge in [-0.1, -0.05) is 12.8 Å². The summed E-state index contributed by atoms with van der Waals surface area (Å²) in [7, 11) is 0. The Morgan fingerprint density at radius 1 is 1.42 bits per heavy atom. The van der Waals surface area contributed by atoms with Crippen molar-refractivity contribution in [2.45, 2.75) is 44.2 Å². The maximum Gasteiger partial charge on any atom is 0.271 e. The topological polar surface area (TPSA) is 92.6 Å². The van der Waals surface area contributed by atoms with Crippen LogP contribution in [0.25, 0.3) is 11.1 Å². The number of hydrogen-bond donors (Lipinski definition) is 1. The number of non-ortho nitro benzene ring substituents is 1. The van der Waals surface area contributed by atoms with Crippen LogP contribution in [0.4, 0.5) is 5.69 Å². The molecule has 2 aromatic rings. The molecule has 0 amide bonds. The summed E-state index contributed by atoms with van der Waals surface area (Å²) in [5.74, 6) is 0.900. The fourth-order valence-electron chi connectivity index (χ4n) is 4.12. The van der Waals surface area contributed by atoms with E-state index in [0.29, 0.717) is 29.5 Å². The molecule has 2 unspecified atom stereocenters. The van der Waals surface area contributed by atoms with Gasteiger partial charge in [-0.3, -0.25) is 15.0 Å². The molecule has 2 heterocycles. The van der Waals surface area contributed by atoms with Gasteiger partial charge in [-0.05, 0) is 25.3 Å². The second-order valence-corrected chi connectivity index (χ2v) is 7.05. The molecule has 1 aromatic carbocycles. The third-order valence-electron chi connectivity index (χ3n) is 5.50. The summed E-state index contributed by atoms with van der Waals surface area (Å²) >= 11 is 0. The van der Waals surface area contributed by atoms with Crippen LogP contribution in [0.15, 0.2) is 22.6 Å². The molecule has 1 aliphatic heterocycles. The van der Waals surface area contributed by atoms with Crippen molar-refractivity contribution in [2.24, 2.45) is 5.92 Å². The number of benzene rings is 1. The number of nitrogens with zero attached hydrogens (tertiary/aromatic N) is 3. The number of aromatic nitrogens is 1. The van der Waals surface area contributed by atoms with E-state index in [1.165, 1.54) is 18.6 Å². The normalized spacial score (nSPS) is 28.0. The number of oxazole rings is 1. The number of likely N-dealkylation sites (tertiary alicyclic amines) is 1. The van der Waals surface area contributed by atoms with Crippen molar-refractivity contribution in [3.8, 4) is 0 Å². The van der Waals surface area contributed by atoms with E-state index in [9.17, 15) is 15.2 Å². The molecule has 1 aliphatic carbocycles. The zero-order chi connectivity index (χ0) is 16.7. The van der Waals surface area contributed by atoms with Gasteiger partial charge in [0.05, 0.1) is 17.1 Å². The molecule has 1 saturated heterocycles. The minimum Gasteiger partial charge on any atom is -0.439 e. The Balaban J connectivity index is 1.49. The van der Waals surface area contributed by atoms with Crippen LogP contribution in [-0.2, 0) is 6.54 Å². The van der Waals surface area contributed by atoms with Gasteiger partial charge in [-0.25, -0.2) is 4.98 Å². The summed E-state index contributed by atoms with van der Waals surface area (Å²) in [6, 6.07) is 4.47. The quantitative estimate of drug-likeness (QED) is 0.687. The van der Waals surface area contributed by atoms with Crippen molar-refractivity contribution in [3.63, 3.8) is 0 Å². The van der Waals surface area contributed by atoms with Crippen LogP contribution >= 0.6 is 0 Å². The van der Waals surface area contributed by atoms with E-state index in [2.05, 4.69) is 9.88 Å². The lowest BCUT2D eigenvalue weighted by atomic mass is 9.71. The van der Waals surface area contributed by atoms with Crippen molar-refractivity contribution in [1.29, 1.82) is 0 Å². The predicted molar refractivity (Wildman–Crippen MR) is 87.5 cm³/mol. The van der Waals surface area contributed by atoms with Gasteiger partial charge in [0.2, 0.25) is 5.89 Å². The SMILES string of the molecule is O=[N+]([O-])c1ccc2oc(CN3CCC4(O)CCCCC4C3)nc2c1. The molecule has 0 spiro atoms. The molecular weight excluding hydrogens is 310 g/mol. The molecule has 1 N–H and O–H groups in total. The highest BCUT2D eigenvalue weighted by atomic mass is 16.6. The summed E-state index contributed by atoms with van der Waals surface area (Å²) in [6.07, 6.45) is 5.10. The van der Waals surface area contributed by atoms with E-state index < -0.39 is 10.5 Å². The maximum atomic E-state index is 10.8. The van der Waals surface area contributed by atoms with E-state index in [0.717, 1.165) is 38.8 Å². The maximum absolute atomic E-state index is 10.8. The lowest BCUT2D eigenvalue weighted by molar-refractivity contribution is -0.384. The fraction of sp³-hybridized carbons (Fsp3) is 0.588. The first kappa shape index (κ1) is 15.5. The van der Waals surface area contributed by atoms with Gasteiger partial charge in [0.15, 0.2) is 5.58 Å². The summed E-state index contributed by atoms with van der Waals surface area (Å²) in [5.41, 5.74) is 0.621. The molecule has 128 valence electrons. The minimum absolute atomic E-state index is 0.0209. The van der Waals surface area contributed by atoms with Gasteiger partial charge in [-0.15, -0.1) is 0 Å². The number of fused-ring (bicyclic) bond motifs is 2. The number of nitro benzene ring substituents is 1. The van der Waals surface area contributed by atoms with Crippen LogP contribution in [0, 0.1) is 16.0 Å². The van der Waals surface area contributed by atoms with Crippen LogP contribution < -0.4 is 0 Å². The van der Waals surface area contributed by atoms with Gasteiger partial charge < -0.3 is 9.52 Å². The van der Waals surface area contributed by atoms with Crippen LogP contribution in [0.5, 0.6) is 0 Å². The van der Waals surface area contributed by atoms with E-state index in [4.69, 9.17) is 4.42 Å². The third kappa shape index (κ3) is 2.78. The minimum atomic E-state index is -0.489. The number of piperidine rings is 1. The van der Waals surface area contributed by atoms with E-state index in [1.807, 2.05) is 0 Å². The van der Waals surface area contributed by atoms with Crippen molar-refractivity contribution in [1.82, 2.24) is 9.88 Å². The largest absolute Gasteiger partial charge is 0.439 e. The van der Waals surface area contributed by atoms with Gasteiger partial charge in [0, 0.05) is 31.1 Å².